The molecule has 0 spiro atoms. The van der Waals surface area contributed by atoms with Crippen LogP contribution in [0.4, 0.5) is 0 Å². The normalized spacial score (nSPS) is 28.3. The first kappa shape index (κ1) is 13.1. The molecule has 0 aliphatic carbocycles. The van der Waals surface area contributed by atoms with Crippen molar-refractivity contribution in [2.45, 2.75) is 25.9 Å². The van der Waals surface area contributed by atoms with Crippen molar-refractivity contribution in [1.29, 1.82) is 0 Å². The topological polar surface area (TPSA) is 29.5 Å². The Bertz CT molecular complexity index is 418. The van der Waals surface area contributed by atoms with Crippen LogP contribution in [0.25, 0.3) is 0 Å². The number of carbonyl (C=O) groups excluding carboxylic acids is 1. The summed E-state index contributed by atoms with van der Waals surface area (Å²) in [7, 11) is 2.07. The van der Waals surface area contributed by atoms with Crippen LogP contribution in [0.1, 0.15) is 25.8 Å². The van der Waals surface area contributed by atoms with Crippen LogP contribution >= 0.6 is 0 Å². The van der Waals surface area contributed by atoms with Gasteiger partial charge >= 0.3 is 5.97 Å². The quantitative estimate of drug-likeness (QED) is 0.768. The fraction of sp³-hybridized carbons (Fsp3) is 0.533. The van der Waals surface area contributed by atoms with E-state index in [1.165, 1.54) is 0 Å². The van der Waals surface area contributed by atoms with Gasteiger partial charge in [-0.15, -0.1) is 0 Å². The van der Waals surface area contributed by atoms with Crippen molar-refractivity contribution in [2.24, 2.45) is 5.92 Å². The zero-order valence-electron chi connectivity index (χ0n) is 11.3. The molecule has 1 saturated heterocycles. The number of ether oxygens (including phenoxy) is 1. The Hall–Kier alpha value is -1.35. The van der Waals surface area contributed by atoms with E-state index in [1.54, 1.807) is 0 Å². The predicted octanol–water partition coefficient (Wildman–Crippen LogP) is 2.42. The van der Waals surface area contributed by atoms with E-state index in [4.69, 9.17) is 4.74 Å². The second-order valence-electron chi connectivity index (χ2n) is 5.18. The summed E-state index contributed by atoms with van der Waals surface area (Å²) in [4.78, 5) is 14.0. The summed E-state index contributed by atoms with van der Waals surface area (Å²) < 4.78 is 5.84. The molecule has 3 heteroatoms. The molecule has 0 radical (unpaired) electrons. The fourth-order valence-electron chi connectivity index (χ4n) is 2.80. The molecule has 1 aromatic rings. The molecule has 0 unspecified atom stereocenters. The van der Waals surface area contributed by atoms with E-state index in [-0.39, 0.29) is 5.97 Å². The number of nitrogens with zero attached hydrogens (tertiary/aromatic N) is 1. The molecule has 1 fully saturated rings. The smallest absolute Gasteiger partial charge is 0.306 e. The maximum atomic E-state index is 11.8. The Morgan fingerprint density at radius 1 is 1.44 bits per heavy atom. The highest BCUT2D eigenvalue weighted by Gasteiger charge is 2.47. The lowest BCUT2D eigenvalue weighted by atomic mass is 9.85. The highest BCUT2D eigenvalue weighted by molar-refractivity contribution is 5.69. The van der Waals surface area contributed by atoms with Crippen LogP contribution in [0, 0.1) is 5.92 Å². The lowest BCUT2D eigenvalue weighted by Gasteiger charge is -2.33. The highest BCUT2D eigenvalue weighted by Crippen LogP contribution is 2.40. The van der Waals surface area contributed by atoms with Crippen molar-refractivity contribution in [3.8, 4) is 0 Å². The average Bonchev–Trinajstić information content (AvgIpc) is 2.66. The zero-order chi connectivity index (χ0) is 13.2. The summed E-state index contributed by atoms with van der Waals surface area (Å²) in [5, 5.41) is 0. The molecule has 0 amide bonds. The van der Waals surface area contributed by atoms with Gasteiger partial charge in [-0.2, -0.15) is 0 Å². The molecule has 2 atom stereocenters. The molecule has 2 rings (SSSR count). The van der Waals surface area contributed by atoms with Gasteiger partial charge in [0.1, 0.15) is 0 Å². The standard InChI is InChI=1S/C15H21NO2/c1-4-14(17)18-15(11-16(3)10-12(15)2)13-8-6-5-7-9-13/h5-9,12H,4,10-11H2,1-3H3/t12-,15-/m0/s1. The van der Waals surface area contributed by atoms with Crippen LogP contribution in [-0.2, 0) is 15.1 Å². The van der Waals surface area contributed by atoms with E-state index in [9.17, 15) is 4.79 Å². The Morgan fingerprint density at radius 3 is 2.61 bits per heavy atom. The maximum absolute atomic E-state index is 11.8. The molecule has 0 saturated carbocycles. The van der Waals surface area contributed by atoms with Crippen molar-refractivity contribution >= 4 is 5.97 Å². The van der Waals surface area contributed by atoms with Crippen molar-refractivity contribution in [1.82, 2.24) is 4.90 Å². The van der Waals surface area contributed by atoms with Crippen LogP contribution in [0.3, 0.4) is 0 Å². The molecular weight excluding hydrogens is 226 g/mol. The highest BCUT2D eigenvalue weighted by atomic mass is 16.6. The van der Waals surface area contributed by atoms with Gasteiger partial charge < -0.3 is 9.64 Å². The van der Waals surface area contributed by atoms with E-state index >= 15 is 0 Å². The molecule has 0 aromatic heterocycles. The summed E-state index contributed by atoms with van der Waals surface area (Å²) in [5.41, 5.74) is 0.618. The largest absolute Gasteiger partial charge is 0.452 e. The van der Waals surface area contributed by atoms with E-state index in [0.29, 0.717) is 12.3 Å². The lowest BCUT2D eigenvalue weighted by molar-refractivity contribution is -0.163. The predicted molar refractivity (Wildman–Crippen MR) is 71.2 cm³/mol. The van der Waals surface area contributed by atoms with Gasteiger partial charge in [0.25, 0.3) is 0 Å². The monoisotopic (exact) mass is 247 g/mol. The number of hydrogen-bond donors (Lipinski definition) is 0. The zero-order valence-corrected chi connectivity index (χ0v) is 11.3. The third-order valence-corrected chi connectivity index (χ3v) is 3.73. The number of likely N-dealkylation sites (tertiary alicyclic amines) is 1. The van der Waals surface area contributed by atoms with Crippen molar-refractivity contribution in [3.05, 3.63) is 35.9 Å². The molecule has 18 heavy (non-hydrogen) atoms. The van der Waals surface area contributed by atoms with Crippen molar-refractivity contribution in [3.63, 3.8) is 0 Å². The van der Waals surface area contributed by atoms with Gasteiger partial charge in [-0.1, -0.05) is 44.2 Å². The average molecular weight is 247 g/mol. The first-order valence-electron chi connectivity index (χ1n) is 6.54. The third-order valence-electron chi connectivity index (χ3n) is 3.73. The molecular formula is C15H21NO2. The summed E-state index contributed by atoms with van der Waals surface area (Å²) in [6.07, 6.45) is 0.422. The fourth-order valence-corrected chi connectivity index (χ4v) is 2.80. The van der Waals surface area contributed by atoms with Gasteiger partial charge in [-0.25, -0.2) is 0 Å². The molecule has 1 heterocycles. The second-order valence-corrected chi connectivity index (χ2v) is 5.18. The van der Waals surface area contributed by atoms with Crippen LogP contribution in [0.2, 0.25) is 0 Å². The maximum Gasteiger partial charge on any atom is 0.306 e. The molecule has 1 aliphatic rings. The van der Waals surface area contributed by atoms with Gasteiger partial charge in [0, 0.05) is 25.4 Å². The summed E-state index contributed by atoms with van der Waals surface area (Å²) in [6, 6.07) is 10.1. The Morgan fingerprint density at radius 2 is 2.11 bits per heavy atom. The molecule has 98 valence electrons. The van der Waals surface area contributed by atoms with Crippen molar-refractivity contribution < 1.29 is 9.53 Å². The van der Waals surface area contributed by atoms with Crippen LogP contribution in [0.5, 0.6) is 0 Å². The van der Waals surface area contributed by atoms with E-state index in [1.807, 2.05) is 25.1 Å². The molecule has 3 nitrogen and oxygen atoms in total. The Balaban J connectivity index is 2.37. The second kappa shape index (κ2) is 5.11. The Kier molecular flexibility index (Phi) is 3.71. The van der Waals surface area contributed by atoms with Gasteiger partial charge in [0.15, 0.2) is 5.60 Å². The Labute approximate surface area is 109 Å². The summed E-state index contributed by atoms with van der Waals surface area (Å²) in [5.74, 6) is 0.182. The number of likely N-dealkylation sites (N-methyl/N-ethyl adjacent to an activating group) is 1. The third kappa shape index (κ3) is 2.27. The van der Waals surface area contributed by atoms with Gasteiger partial charge in [0.2, 0.25) is 0 Å². The minimum absolute atomic E-state index is 0.124. The summed E-state index contributed by atoms with van der Waals surface area (Å²) in [6.45, 7) is 5.71. The van der Waals surface area contributed by atoms with Crippen LogP contribution in [0.15, 0.2) is 30.3 Å². The lowest BCUT2D eigenvalue weighted by Crippen LogP contribution is -2.39. The van der Waals surface area contributed by atoms with Gasteiger partial charge in [-0.3, -0.25) is 4.79 Å². The number of hydrogen-bond acceptors (Lipinski definition) is 3. The molecule has 0 N–H and O–H groups in total. The molecule has 1 aromatic carbocycles. The first-order chi connectivity index (χ1) is 8.58. The van der Waals surface area contributed by atoms with Gasteiger partial charge in [-0.05, 0) is 12.6 Å². The van der Waals surface area contributed by atoms with Crippen LogP contribution < -0.4 is 0 Å². The SMILES string of the molecule is CCC(=O)O[C@@]1(c2ccccc2)CN(C)C[C@@H]1C. The van der Waals surface area contributed by atoms with Crippen molar-refractivity contribution in [2.75, 3.05) is 20.1 Å². The first-order valence-corrected chi connectivity index (χ1v) is 6.54. The van der Waals surface area contributed by atoms with Gasteiger partial charge in [0.05, 0.1) is 0 Å². The molecule has 1 aliphatic heterocycles. The number of esters is 1. The minimum atomic E-state index is -0.483. The summed E-state index contributed by atoms with van der Waals surface area (Å²) >= 11 is 0. The number of benzene rings is 1. The number of rotatable bonds is 3. The van der Waals surface area contributed by atoms with E-state index < -0.39 is 5.60 Å². The van der Waals surface area contributed by atoms with E-state index in [2.05, 4.69) is 31.0 Å². The molecule has 0 bridgehead atoms. The van der Waals surface area contributed by atoms with Crippen LogP contribution in [-0.4, -0.2) is 31.0 Å². The number of carbonyl (C=O) groups is 1. The van der Waals surface area contributed by atoms with E-state index in [0.717, 1.165) is 18.7 Å². The minimum Gasteiger partial charge on any atom is -0.452 e.